The van der Waals surface area contributed by atoms with Crippen molar-refractivity contribution in [3.63, 3.8) is 0 Å². The minimum atomic E-state index is -1.62. The number of urea groups is 1. The molecule has 0 spiro atoms. The summed E-state index contributed by atoms with van der Waals surface area (Å²) >= 11 is 5.98. The third kappa shape index (κ3) is 4.76. The van der Waals surface area contributed by atoms with Crippen LogP contribution in [0.5, 0.6) is 0 Å². The lowest BCUT2D eigenvalue weighted by atomic mass is 10.1. The minimum absolute atomic E-state index is 0.337. The SMILES string of the molecule is CC(NC(=O)NC[C@H](O)C(=O)O)c1ccccc1Cl. The molecule has 2 amide bonds. The molecule has 1 rings (SSSR count). The summed E-state index contributed by atoms with van der Waals surface area (Å²) in [5, 5.41) is 22.8. The molecule has 0 fully saturated rings. The minimum Gasteiger partial charge on any atom is -0.479 e. The van der Waals surface area contributed by atoms with Crippen LogP contribution in [0.15, 0.2) is 24.3 Å². The van der Waals surface area contributed by atoms with Crippen LogP contribution in [0.25, 0.3) is 0 Å². The number of benzene rings is 1. The molecule has 4 N–H and O–H groups in total. The fourth-order valence-corrected chi connectivity index (χ4v) is 1.73. The molecule has 0 saturated carbocycles. The number of nitrogens with one attached hydrogen (secondary N) is 2. The summed E-state index contributed by atoms with van der Waals surface area (Å²) < 4.78 is 0. The number of carboxylic acid groups (broad SMARTS) is 1. The number of carboxylic acids is 1. The molecule has 0 aromatic heterocycles. The van der Waals surface area contributed by atoms with Gasteiger partial charge in [0.05, 0.1) is 12.6 Å². The van der Waals surface area contributed by atoms with Crippen molar-refractivity contribution < 1.29 is 19.8 Å². The van der Waals surface area contributed by atoms with Crippen molar-refractivity contribution in [2.24, 2.45) is 0 Å². The summed E-state index contributed by atoms with van der Waals surface area (Å²) in [4.78, 5) is 21.9. The average Bonchev–Trinajstić information content (AvgIpc) is 2.36. The molecular formula is C12H15ClN2O4. The van der Waals surface area contributed by atoms with Crippen LogP contribution in [-0.2, 0) is 4.79 Å². The van der Waals surface area contributed by atoms with Crippen LogP contribution in [0.1, 0.15) is 18.5 Å². The number of halogens is 1. The quantitative estimate of drug-likeness (QED) is 0.652. The molecule has 0 aliphatic carbocycles. The van der Waals surface area contributed by atoms with E-state index >= 15 is 0 Å². The van der Waals surface area contributed by atoms with Crippen LogP contribution in [-0.4, -0.2) is 34.9 Å². The fraction of sp³-hybridized carbons (Fsp3) is 0.333. The third-order valence-electron chi connectivity index (χ3n) is 2.46. The zero-order valence-corrected chi connectivity index (χ0v) is 11.0. The van der Waals surface area contributed by atoms with Gasteiger partial charge in [0.15, 0.2) is 6.10 Å². The van der Waals surface area contributed by atoms with E-state index in [2.05, 4.69) is 10.6 Å². The first-order chi connectivity index (χ1) is 8.91. The lowest BCUT2D eigenvalue weighted by Gasteiger charge is -2.16. The van der Waals surface area contributed by atoms with Crippen molar-refractivity contribution in [2.75, 3.05) is 6.54 Å². The Bertz CT molecular complexity index is 467. The number of carbonyl (C=O) groups is 2. The van der Waals surface area contributed by atoms with Crippen molar-refractivity contribution >= 4 is 23.6 Å². The van der Waals surface area contributed by atoms with Crippen LogP contribution in [0.2, 0.25) is 5.02 Å². The molecule has 104 valence electrons. The topological polar surface area (TPSA) is 98.7 Å². The smallest absolute Gasteiger partial charge is 0.334 e. The van der Waals surface area contributed by atoms with Crippen molar-refractivity contribution in [1.82, 2.24) is 10.6 Å². The summed E-state index contributed by atoms with van der Waals surface area (Å²) in [7, 11) is 0. The maximum atomic E-state index is 11.5. The van der Waals surface area contributed by atoms with Crippen LogP contribution in [0, 0.1) is 0 Å². The Morgan fingerprint density at radius 1 is 1.37 bits per heavy atom. The highest BCUT2D eigenvalue weighted by Crippen LogP contribution is 2.21. The van der Waals surface area contributed by atoms with Gasteiger partial charge in [-0.05, 0) is 18.6 Å². The highest BCUT2D eigenvalue weighted by Gasteiger charge is 2.16. The van der Waals surface area contributed by atoms with E-state index in [9.17, 15) is 9.59 Å². The van der Waals surface area contributed by atoms with Gasteiger partial charge in [0.25, 0.3) is 0 Å². The van der Waals surface area contributed by atoms with Crippen LogP contribution in [0.3, 0.4) is 0 Å². The fourth-order valence-electron chi connectivity index (χ4n) is 1.43. The predicted octanol–water partition coefficient (Wildman–Crippen LogP) is 1.15. The van der Waals surface area contributed by atoms with Gasteiger partial charge in [0.2, 0.25) is 0 Å². The molecule has 0 aliphatic rings. The monoisotopic (exact) mass is 286 g/mol. The van der Waals surface area contributed by atoms with Gasteiger partial charge in [0, 0.05) is 5.02 Å². The first-order valence-electron chi connectivity index (χ1n) is 5.61. The Labute approximate surface area is 115 Å². The summed E-state index contributed by atoms with van der Waals surface area (Å²) in [6.45, 7) is 1.38. The average molecular weight is 287 g/mol. The Hall–Kier alpha value is -1.79. The lowest BCUT2D eigenvalue weighted by molar-refractivity contribution is -0.146. The number of hydrogen-bond acceptors (Lipinski definition) is 3. The van der Waals surface area contributed by atoms with Crippen molar-refractivity contribution in [1.29, 1.82) is 0 Å². The van der Waals surface area contributed by atoms with Crippen LogP contribution < -0.4 is 10.6 Å². The van der Waals surface area contributed by atoms with Crippen molar-refractivity contribution in [2.45, 2.75) is 19.1 Å². The molecule has 0 radical (unpaired) electrons. The molecule has 0 aliphatic heterocycles. The summed E-state index contributed by atoms with van der Waals surface area (Å²) in [6.07, 6.45) is -1.62. The van der Waals surface area contributed by atoms with E-state index in [0.29, 0.717) is 5.02 Å². The van der Waals surface area contributed by atoms with E-state index in [1.165, 1.54) is 0 Å². The van der Waals surface area contributed by atoms with E-state index in [4.69, 9.17) is 21.8 Å². The number of hydrogen-bond donors (Lipinski definition) is 4. The molecule has 0 saturated heterocycles. The van der Waals surface area contributed by atoms with Gasteiger partial charge in [-0.1, -0.05) is 29.8 Å². The van der Waals surface area contributed by atoms with Gasteiger partial charge in [-0.2, -0.15) is 0 Å². The van der Waals surface area contributed by atoms with Gasteiger partial charge in [-0.25, -0.2) is 9.59 Å². The van der Waals surface area contributed by atoms with Crippen molar-refractivity contribution in [3.05, 3.63) is 34.9 Å². The van der Waals surface area contributed by atoms with E-state index in [1.54, 1.807) is 31.2 Å². The molecule has 1 aromatic rings. The number of aliphatic hydroxyl groups excluding tert-OH is 1. The largest absolute Gasteiger partial charge is 0.479 e. The summed E-state index contributed by atoms with van der Waals surface area (Å²) in [5.41, 5.74) is 0.748. The standard InChI is InChI=1S/C12H15ClN2O4/c1-7(8-4-2-3-5-9(8)13)15-12(19)14-6-10(16)11(17)18/h2-5,7,10,16H,6H2,1H3,(H,17,18)(H2,14,15,19)/t7?,10-/m0/s1. The maximum absolute atomic E-state index is 11.5. The van der Waals surface area contributed by atoms with Crippen LogP contribution in [0.4, 0.5) is 4.79 Å². The Kier molecular flexibility index (Phi) is 5.59. The van der Waals surface area contributed by atoms with Gasteiger partial charge in [-0.15, -0.1) is 0 Å². The molecule has 7 heteroatoms. The molecule has 1 aromatic carbocycles. The molecule has 1 unspecified atom stereocenters. The first kappa shape index (κ1) is 15.3. The summed E-state index contributed by atoms with van der Waals surface area (Å²) in [5.74, 6) is -1.39. The Morgan fingerprint density at radius 2 is 2.00 bits per heavy atom. The van der Waals surface area contributed by atoms with Gasteiger partial charge in [0.1, 0.15) is 0 Å². The van der Waals surface area contributed by atoms with Gasteiger partial charge >= 0.3 is 12.0 Å². The Balaban J connectivity index is 2.49. The van der Waals surface area contributed by atoms with E-state index in [1.807, 2.05) is 0 Å². The molecular weight excluding hydrogens is 272 g/mol. The molecule has 19 heavy (non-hydrogen) atoms. The van der Waals surface area contributed by atoms with Crippen LogP contribution >= 0.6 is 11.6 Å². The second kappa shape index (κ2) is 6.96. The number of aliphatic hydroxyl groups is 1. The zero-order valence-electron chi connectivity index (χ0n) is 10.3. The number of rotatable bonds is 5. The number of amides is 2. The number of aliphatic carboxylic acids is 1. The van der Waals surface area contributed by atoms with E-state index in [-0.39, 0.29) is 12.6 Å². The maximum Gasteiger partial charge on any atom is 0.334 e. The molecule has 0 bridgehead atoms. The Morgan fingerprint density at radius 3 is 2.58 bits per heavy atom. The van der Waals surface area contributed by atoms with Gasteiger partial charge < -0.3 is 20.8 Å². The van der Waals surface area contributed by atoms with Gasteiger partial charge in [-0.3, -0.25) is 0 Å². The highest BCUT2D eigenvalue weighted by molar-refractivity contribution is 6.31. The number of carbonyl (C=O) groups excluding carboxylic acids is 1. The zero-order chi connectivity index (χ0) is 14.4. The summed E-state index contributed by atoms with van der Waals surface area (Å²) in [6, 6.07) is 6.15. The second-order valence-electron chi connectivity index (χ2n) is 3.95. The highest BCUT2D eigenvalue weighted by atomic mass is 35.5. The van der Waals surface area contributed by atoms with Crippen molar-refractivity contribution in [3.8, 4) is 0 Å². The van der Waals surface area contributed by atoms with E-state index in [0.717, 1.165) is 5.56 Å². The molecule has 2 atom stereocenters. The lowest BCUT2D eigenvalue weighted by Crippen LogP contribution is -2.42. The first-order valence-corrected chi connectivity index (χ1v) is 5.99. The molecule has 0 heterocycles. The normalized spacial score (nSPS) is 13.4. The predicted molar refractivity (Wildman–Crippen MR) is 70.0 cm³/mol. The third-order valence-corrected chi connectivity index (χ3v) is 2.80. The molecule has 6 nitrogen and oxygen atoms in total. The second-order valence-corrected chi connectivity index (χ2v) is 4.36. The van der Waals surface area contributed by atoms with E-state index < -0.39 is 18.1 Å².